The van der Waals surface area contributed by atoms with Gasteiger partial charge in [-0.15, -0.1) is 0 Å². The minimum Gasteiger partial charge on any atom is -0.329 e. The van der Waals surface area contributed by atoms with E-state index in [0.29, 0.717) is 5.56 Å². The second kappa shape index (κ2) is 6.54. The van der Waals surface area contributed by atoms with E-state index in [9.17, 15) is 4.79 Å². The standard InChI is InChI=1S/C9H10I2N2O/c10-3-6-13(7-11)9(14)8-1-4-12-5-2-8/h1-2,4-5H,3,6-7H2. The fourth-order valence-electron chi connectivity index (χ4n) is 0.995. The van der Waals surface area contributed by atoms with Crippen LogP contribution in [0.4, 0.5) is 0 Å². The van der Waals surface area contributed by atoms with E-state index in [2.05, 4.69) is 50.2 Å². The predicted molar refractivity (Wildman–Crippen MR) is 73.0 cm³/mol. The van der Waals surface area contributed by atoms with Gasteiger partial charge in [0, 0.05) is 28.9 Å². The van der Waals surface area contributed by atoms with Crippen molar-refractivity contribution < 1.29 is 4.79 Å². The van der Waals surface area contributed by atoms with Gasteiger partial charge < -0.3 is 4.90 Å². The van der Waals surface area contributed by atoms with Gasteiger partial charge in [-0.25, -0.2) is 0 Å². The number of hydrogen-bond donors (Lipinski definition) is 0. The van der Waals surface area contributed by atoms with Gasteiger partial charge in [0.15, 0.2) is 0 Å². The van der Waals surface area contributed by atoms with E-state index in [1.54, 1.807) is 24.5 Å². The van der Waals surface area contributed by atoms with Crippen LogP contribution in [-0.4, -0.2) is 31.3 Å². The lowest BCUT2D eigenvalue weighted by Crippen LogP contribution is -2.31. The molecule has 1 aromatic heterocycles. The maximum absolute atomic E-state index is 11.9. The average Bonchev–Trinajstić information content (AvgIpc) is 2.26. The summed E-state index contributed by atoms with van der Waals surface area (Å²) in [4.78, 5) is 17.6. The number of nitrogens with zero attached hydrogens (tertiary/aromatic N) is 2. The molecule has 1 heterocycles. The molecule has 14 heavy (non-hydrogen) atoms. The molecule has 0 fully saturated rings. The first-order valence-electron chi connectivity index (χ1n) is 4.11. The number of halogens is 2. The first-order chi connectivity index (χ1) is 6.79. The summed E-state index contributed by atoms with van der Waals surface area (Å²) in [7, 11) is 0. The zero-order chi connectivity index (χ0) is 10.4. The van der Waals surface area contributed by atoms with E-state index in [-0.39, 0.29) is 5.91 Å². The van der Waals surface area contributed by atoms with Gasteiger partial charge in [0.2, 0.25) is 0 Å². The van der Waals surface area contributed by atoms with Crippen molar-refractivity contribution in [3.63, 3.8) is 0 Å². The van der Waals surface area contributed by atoms with E-state index in [1.807, 2.05) is 4.90 Å². The molecule has 0 radical (unpaired) electrons. The summed E-state index contributed by atoms with van der Waals surface area (Å²) in [6.45, 7) is 0.796. The number of carbonyl (C=O) groups is 1. The molecule has 0 bridgehead atoms. The van der Waals surface area contributed by atoms with Crippen molar-refractivity contribution in [2.24, 2.45) is 0 Å². The van der Waals surface area contributed by atoms with Crippen molar-refractivity contribution in [2.45, 2.75) is 0 Å². The Labute approximate surface area is 111 Å². The van der Waals surface area contributed by atoms with Crippen LogP contribution in [-0.2, 0) is 0 Å². The predicted octanol–water partition coefficient (Wildman–Crippen LogP) is 2.35. The van der Waals surface area contributed by atoms with Gasteiger partial charge in [-0.1, -0.05) is 45.2 Å². The van der Waals surface area contributed by atoms with E-state index < -0.39 is 0 Å². The summed E-state index contributed by atoms with van der Waals surface area (Å²) < 4.78 is 1.68. The average molecular weight is 416 g/mol. The van der Waals surface area contributed by atoms with E-state index in [4.69, 9.17) is 0 Å². The first-order valence-corrected chi connectivity index (χ1v) is 7.16. The summed E-state index contributed by atoms with van der Waals surface area (Å²) in [6.07, 6.45) is 3.28. The molecule has 5 heteroatoms. The molecule has 0 aliphatic carbocycles. The Kier molecular flexibility index (Phi) is 5.68. The highest BCUT2D eigenvalue weighted by molar-refractivity contribution is 14.1. The highest BCUT2D eigenvalue weighted by atomic mass is 127. The first kappa shape index (κ1) is 12.2. The Balaban J connectivity index is 2.73. The number of hydrogen-bond acceptors (Lipinski definition) is 2. The van der Waals surface area contributed by atoms with Gasteiger partial charge in [-0.2, -0.15) is 0 Å². The molecule has 1 rings (SSSR count). The SMILES string of the molecule is O=C(c1ccncc1)N(CI)CCI. The molecule has 3 nitrogen and oxygen atoms in total. The third kappa shape index (κ3) is 3.34. The van der Waals surface area contributed by atoms with Gasteiger partial charge in [-0.3, -0.25) is 9.78 Å². The summed E-state index contributed by atoms with van der Waals surface area (Å²) in [5.74, 6) is 0.0819. The highest BCUT2D eigenvalue weighted by Crippen LogP contribution is 2.05. The maximum Gasteiger partial charge on any atom is 0.254 e. The monoisotopic (exact) mass is 416 g/mol. The fraction of sp³-hybridized carbons (Fsp3) is 0.333. The normalized spacial score (nSPS) is 9.86. The van der Waals surface area contributed by atoms with Crippen LogP contribution in [0.25, 0.3) is 0 Å². The molecule has 0 N–H and O–H groups in total. The molecular weight excluding hydrogens is 406 g/mol. The molecule has 0 saturated heterocycles. The quantitative estimate of drug-likeness (QED) is 0.429. The maximum atomic E-state index is 11.9. The third-order valence-corrected chi connectivity index (χ3v) is 3.02. The third-order valence-electron chi connectivity index (χ3n) is 1.71. The Morgan fingerprint density at radius 2 is 2.00 bits per heavy atom. The van der Waals surface area contributed by atoms with Crippen molar-refractivity contribution in [1.82, 2.24) is 9.88 Å². The Morgan fingerprint density at radius 3 is 2.50 bits per heavy atom. The Morgan fingerprint density at radius 1 is 1.36 bits per heavy atom. The van der Waals surface area contributed by atoms with E-state index >= 15 is 0 Å². The van der Waals surface area contributed by atoms with Gasteiger partial charge in [0.1, 0.15) is 0 Å². The van der Waals surface area contributed by atoms with E-state index in [0.717, 1.165) is 15.5 Å². The number of pyridine rings is 1. The van der Waals surface area contributed by atoms with Crippen LogP contribution in [0, 0.1) is 0 Å². The van der Waals surface area contributed by atoms with Crippen molar-refractivity contribution in [2.75, 3.05) is 15.5 Å². The molecule has 1 amide bonds. The number of rotatable bonds is 4. The molecule has 0 aliphatic rings. The smallest absolute Gasteiger partial charge is 0.254 e. The summed E-state index contributed by atoms with van der Waals surface area (Å²) in [5, 5.41) is 0. The van der Waals surface area contributed by atoms with Crippen molar-refractivity contribution in [1.29, 1.82) is 0 Å². The molecular formula is C9H10I2N2O. The highest BCUT2D eigenvalue weighted by Gasteiger charge is 2.12. The van der Waals surface area contributed by atoms with Crippen molar-refractivity contribution in [3.8, 4) is 0 Å². The van der Waals surface area contributed by atoms with Crippen LogP contribution in [0.15, 0.2) is 24.5 Å². The van der Waals surface area contributed by atoms with Gasteiger partial charge in [0.25, 0.3) is 5.91 Å². The fourth-order valence-corrected chi connectivity index (χ4v) is 2.23. The van der Waals surface area contributed by atoms with Crippen LogP contribution < -0.4 is 0 Å². The zero-order valence-corrected chi connectivity index (χ0v) is 11.8. The molecule has 0 aromatic carbocycles. The van der Waals surface area contributed by atoms with Crippen LogP contribution in [0.5, 0.6) is 0 Å². The van der Waals surface area contributed by atoms with Crippen molar-refractivity contribution >= 4 is 51.1 Å². The molecule has 1 aromatic rings. The lowest BCUT2D eigenvalue weighted by molar-refractivity contribution is 0.0800. The van der Waals surface area contributed by atoms with E-state index in [1.165, 1.54) is 0 Å². The molecule has 0 unspecified atom stereocenters. The van der Waals surface area contributed by atoms with Crippen LogP contribution in [0.3, 0.4) is 0 Å². The van der Waals surface area contributed by atoms with Gasteiger partial charge >= 0.3 is 0 Å². The lowest BCUT2D eigenvalue weighted by Gasteiger charge is -2.18. The second-order valence-corrected chi connectivity index (χ2v) is 4.37. The molecule has 0 aliphatic heterocycles. The number of carbonyl (C=O) groups excluding carboxylic acids is 1. The Hall–Kier alpha value is 0.0800. The van der Waals surface area contributed by atoms with Gasteiger partial charge in [0.05, 0.1) is 4.55 Å². The summed E-state index contributed by atoms with van der Waals surface area (Å²) in [5.41, 5.74) is 0.710. The number of alkyl halides is 2. The van der Waals surface area contributed by atoms with Crippen LogP contribution in [0.1, 0.15) is 10.4 Å². The minimum atomic E-state index is 0.0819. The molecule has 0 saturated carbocycles. The summed E-state index contributed by atoms with van der Waals surface area (Å²) >= 11 is 4.47. The topological polar surface area (TPSA) is 33.2 Å². The second-order valence-electron chi connectivity index (χ2n) is 2.61. The molecule has 0 spiro atoms. The minimum absolute atomic E-state index is 0.0819. The zero-order valence-electron chi connectivity index (χ0n) is 7.49. The molecule has 0 atom stereocenters. The number of aromatic nitrogens is 1. The Bertz CT molecular complexity index is 292. The van der Waals surface area contributed by atoms with Crippen LogP contribution in [0.2, 0.25) is 0 Å². The summed E-state index contributed by atoms with van der Waals surface area (Å²) in [6, 6.07) is 3.49. The molecule has 76 valence electrons. The van der Waals surface area contributed by atoms with Crippen LogP contribution >= 0.6 is 45.2 Å². The van der Waals surface area contributed by atoms with Crippen molar-refractivity contribution in [3.05, 3.63) is 30.1 Å². The number of amides is 1. The lowest BCUT2D eigenvalue weighted by atomic mass is 10.2. The van der Waals surface area contributed by atoms with Gasteiger partial charge in [-0.05, 0) is 12.1 Å². The largest absolute Gasteiger partial charge is 0.329 e.